The summed E-state index contributed by atoms with van der Waals surface area (Å²) in [6.07, 6.45) is 10.9. The molecule has 0 saturated carbocycles. The molecule has 1 heterocycles. The zero-order chi connectivity index (χ0) is 28.2. The topological polar surface area (TPSA) is 65.1 Å². The Balaban J connectivity index is 2.03. The van der Waals surface area contributed by atoms with Crippen LogP contribution in [-0.2, 0) is 36.5 Å². The van der Waals surface area contributed by atoms with Crippen molar-refractivity contribution < 1.29 is 23.5 Å². The highest BCUT2D eigenvalue weighted by Gasteiger charge is 2.39. The van der Waals surface area contributed by atoms with Crippen molar-refractivity contribution >= 4 is 20.2 Å². The Labute approximate surface area is 232 Å². The van der Waals surface area contributed by atoms with Crippen molar-refractivity contribution in [3.8, 4) is 0 Å². The van der Waals surface area contributed by atoms with E-state index in [0.29, 0.717) is 26.1 Å². The minimum atomic E-state index is -1.99. The minimum absolute atomic E-state index is 0.0471. The lowest BCUT2D eigenvalue weighted by molar-refractivity contribution is -0.143. The lowest BCUT2D eigenvalue weighted by atomic mass is 10.0. The summed E-state index contributed by atoms with van der Waals surface area (Å²) in [5.74, 6) is 0.118. The molecule has 0 unspecified atom stereocenters. The minimum Gasteiger partial charge on any atom is -0.466 e. The van der Waals surface area contributed by atoms with Gasteiger partial charge < -0.3 is 18.8 Å². The molecular formula is C31H51NO5Si. The number of methoxy groups -OCH3 is 1. The van der Waals surface area contributed by atoms with Crippen molar-refractivity contribution in [3.05, 3.63) is 47.5 Å². The van der Waals surface area contributed by atoms with Crippen molar-refractivity contribution in [1.82, 2.24) is 4.90 Å². The first-order valence-corrected chi connectivity index (χ1v) is 17.3. The highest BCUT2D eigenvalue weighted by molar-refractivity contribution is 6.74. The van der Waals surface area contributed by atoms with Gasteiger partial charge in [0, 0.05) is 32.9 Å². The normalized spacial score (nSPS) is 17.4. The number of esters is 1. The molecule has 2 rings (SSSR count). The van der Waals surface area contributed by atoms with Gasteiger partial charge in [0.15, 0.2) is 8.32 Å². The molecular weight excluding hydrogens is 494 g/mol. The van der Waals surface area contributed by atoms with Crippen LogP contribution in [-0.4, -0.2) is 57.5 Å². The van der Waals surface area contributed by atoms with Gasteiger partial charge in [-0.2, -0.15) is 0 Å². The molecule has 0 N–H and O–H groups in total. The number of carbonyl (C=O) groups is 2. The number of rotatable bonds is 16. The van der Waals surface area contributed by atoms with E-state index in [-0.39, 0.29) is 29.1 Å². The van der Waals surface area contributed by atoms with Gasteiger partial charge in [-0.1, -0.05) is 70.0 Å². The van der Waals surface area contributed by atoms with Crippen LogP contribution in [0.1, 0.15) is 83.8 Å². The number of ether oxygens (including phenoxy) is 2. The largest absolute Gasteiger partial charge is 0.466 e. The summed E-state index contributed by atoms with van der Waals surface area (Å²) in [5, 5.41) is 0.111. The van der Waals surface area contributed by atoms with Crippen LogP contribution in [0.25, 0.3) is 0 Å². The number of hydrogen-bond acceptors (Lipinski definition) is 5. The molecule has 0 spiro atoms. The predicted molar refractivity (Wildman–Crippen MR) is 157 cm³/mol. The molecule has 1 saturated heterocycles. The fraction of sp³-hybridized carbons (Fsp3) is 0.677. The number of carbonyl (C=O) groups excluding carboxylic acids is 2. The van der Waals surface area contributed by atoms with E-state index < -0.39 is 8.32 Å². The maximum Gasteiger partial charge on any atom is 0.305 e. The number of likely N-dealkylation sites (tertiary alicyclic amines) is 1. The van der Waals surface area contributed by atoms with Gasteiger partial charge in [-0.05, 0) is 55.4 Å². The van der Waals surface area contributed by atoms with Crippen LogP contribution in [0.3, 0.4) is 0 Å². The van der Waals surface area contributed by atoms with Gasteiger partial charge >= 0.3 is 5.97 Å². The Morgan fingerprint density at radius 2 is 1.87 bits per heavy atom. The average Bonchev–Trinajstić information content (AvgIpc) is 3.18. The molecule has 7 heteroatoms. The summed E-state index contributed by atoms with van der Waals surface area (Å²) in [6.45, 7) is 15.0. The van der Waals surface area contributed by atoms with Crippen molar-refractivity contribution in [1.29, 1.82) is 0 Å². The summed E-state index contributed by atoms with van der Waals surface area (Å²) < 4.78 is 17.2. The predicted octanol–water partition coefficient (Wildman–Crippen LogP) is 6.83. The van der Waals surface area contributed by atoms with Crippen LogP contribution in [0.2, 0.25) is 18.1 Å². The van der Waals surface area contributed by atoms with E-state index in [1.807, 2.05) is 11.8 Å². The van der Waals surface area contributed by atoms with E-state index in [0.717, 1.165) is 50.6 Å². The monoisotopic (exact) mass is 545 g/mol. The third-order valence-corrected chi connectivity index (χ3v) is 12.3. The number of hydrogen-bond donors (Lipinski definition) is 0. The molecule has 0 aliphatic carbocycles. The average molecular weight is 546 g/mol. The fourth-order valence-corrected chi connectivity index (χ4v) is 5.86. The molecule has 214 valence electrons. The van der Waals surface area contributed by atoms with E-state index in [1.54, 1.807) is 7.11 Å². The highest BCUT2D eigenvalue weighted by Crippen LogP contribution is 2.38. The molecule has 1 aliphatic rings. The molecule has 1 fully saturated rings. The summed E-state index contributed by atoms with van der Waals surface area (Å²) in [7, 11) is -0.276. The molecule has 1 aromatic carbocycles. The number of amides is 1. The molecule has 1 aliphatic heterocycles. The molecule has 38 heavy (non-hydrogen) atoms. The summed E-state index contributed by atoms with van der Waals surface area (Å²) >= 11 is 0. The first-order chi connectivity index (χ1) is 18.0. The van der Waals surface area contributed by atoms with Gasteiger partial charge in [0.2, 0.25) is 5.91 Å². The van der Waals surface area contributed by atoms with E-state index in [4.69, 9.17) is 13.9 Å². The van der Waals surface area contributed by atoms with Gasteiger partial charge in [0.1, 0.15) is 0 Å². The Morgan fingerprint density at radius 3 is 2.55 bits per heavy atom. The molecule has 1 amide bonds. The smallest absolute Gasteiger partial charge is 0.305 e. The Kier molecular flexibility index (Phi) is 13.2. The molecule has 0 bridgehead atoms. The lowest BCUT2D eigenvalue weighted by Crippen LogP contribution is -2.44. The van der Waals surface area contributed by atoms with Crippen molar-refractivity contribution in [2.75, 3.05) is 20.3 Å². The number of nitrogens with zero attached hydrogens (tertiary/aromatic N) is 1. The third-order valence-electron chi connectivity index (χ3n) is 7.75. The molecule has 1 aromatic rings. The highest BCUT2D eigenvalue weighted by atomic mass is 28.4. The van der Waals surface area contributed by atoms with Crippen LogP contribution < -0.4 is 0 Å². The Bertz CT molecular complexity index is 908. The van der Waals surface area contributed by atoms with Crippen molar-refractivity contribution in [2.24, 2.45) is 0 Å². The quantitative estimate of drug-likeness (QED) is 0.0986. The van der Waals surface area contributed by atoms with Crippen molar-refractivity contribution in [2.45, 2.75) is 116 Å². The lowest BCUT2D eigenvalue weighted by Gasteiger charge is -2.39. The van der Waals surface area contributed by atoms with E-state index in [2.05, 4.69) is 70.3 Å². The third kappa shape index (κ3) is 10.7. The van der Waals surface area contributed by atoms with Crippen LogP contribution in [0, 0.1) is 0 Å². The van der Waals surface area contributed by atoms with E-state index >= 15 is 0 Å². The summed E-state index contributed by atoms with van der Waals surface area (Å²) in [6, 6.07) is 8.65. The molecule has 0 aromatic heterocycles. The Morgan fingerprint density at radius 1 is 1.16 bits per heavy atom. The zero-order valence-corrected chi connectivity index (χ0v) is 25.9. The second-order valence-electron chi connectivity index (χ2n) is 11.9. The first kappa shape index (κ1) is 32.2. The Hall–Kier alpha value is -1.96. The van der Waals surface area contributed by atoms with Gasteiger partial charge in [-0.15, -0.1) is 0 Å². The first-order valence-electron chi connectivity index (χ1n) is 14.3. The molecule has 0 radical (unpaired) electrons. The van der Waals surface area contributed by atoms with E-state index in [9.17, 15) is 9.59 Å². The second-order valence-corrected chi connectivity index (χ2v) is 16.7. The zero-order valence-electron chi connectivity index (χ0n) is 24.9. The van der Waals surface area contributed by atoms with Crippen molar-refractivity contribution in [3.63, 3.8) is 0 Å². The van der Waals surface area contributed by atoms with Crippen LogP contribution in [0.15, 0.2) is 36.4 Å². The fourth-order valence-electron chi connectivity index (χ4n) is 4.59. The molecule has 2 atom stereocenters. The van der Waals surface area contributed by atoms with Crippen LogP contribution in [0.4, 0.5) is 0 Å². The van der Waals surface area contributed by atoms with Gasteiger partial charge in [0.25, 0.3) is 0 Å². The SMILES string of the molecule is CCOC(=O)CCCCCCN1C(=O)CC[C@@H]1/C=C/[C@H](Cc1cccc(COC)c1)O[Si](C)(C)C(C)(C)C. The van der Waals surface area contributed by atoms with E-state index in [1.165, 1.54) is 5.56 Å². The van der Waals surface area contributed by atoms with Crippen LogP contribution >= 0.6 is 0 Å². The number of unbranched alkanes of at least 4 members (excludes halogenated alkanes) is 3. The second kappa shape index (κ2) is 15.6. The van der Waals surface area contributed by atoms with Gasteiger partial charge in [-0.25, -0.2) is 0 Å². The maximum absolute atomic E-state index is 12.7. The van der Waals surface area contributed by atoms with Gasteiger partial charge in [-0.3, -0.25) is 9.59 Å². The summed E-state index contributed by atoms with van der Waals surface area (Å²) in [5.41, 5.74) is 2.39. The number of benzene rings is 1. The maximum atomic E-state index is 12.7. The van der Waals surface area contributed by atoms with Gasteiger partial charge in [0.05, 0.1) is 25.4 Å². The van der Waals surface area contributed by atoms with Crippen LogP contribution in [0.5, 0.6) is 0 Å². The summed E-state index contributed by atoms with van der Waals surface area (Å²) in [4.78, 5) is 26.2. The standard InChI is InChI=1S/C31H51NO5Si/c1-8-36-30(34)16-11-9-10-12-21-32-27(18-20-29(32)33)17-19-28(37-38(6,7)31(2,3)4)23-25-14-13-15-26(22-25)24-35-5/h13-15,17,19,22,27-28H,8-12,16,18,20-21,23-24H2,1-7H3/b19-17+/t27-,28+/m0/s1. The molecule has 6 nitrogen and oxygen atoms in total.